The first kappa shape index (κ1) is 22.5. The highest BCUT2D eigenvalue weighted by atomic mass is 16.5. The summed E-state index contributed by atoms with van der Waals surface area (Å²) in [6, 6.07) is 6.97. The Morgan fingerprint density at radius 3 is 2.30 bits per heavy atom. The molecule has 0 amide bonds. The van der Waals surface area contributed by atoms with Gasteiger partial charge in [-0.2, -0.15) is 0 Å². The van der Waals surface area contributed by atoms with Gasteiger partial charge in [-0.15, -0.1) is 0 Å². The zero-order chi connectivity index (χ0) is 18.9. The lowest BCUT2D eigenvalue weighted by Crippen LogP contribution is -2.36. The van der Waals surface area contributed by atoms with Crippen LogP contribution in [0.15, 0.2) is 30.4 Å². The van der Waals surface area contributed by atoms with E-state index in [0.717, 1.165) is 26.3 Å². The molecule has 0 aliphatic carbocycles. The number of benzene rings is 1. The zero-order valence-electron chi connectivity index (χ0n) is 15.8. The Hall–Kier alpha value is -2.58. The smallest absolute Gasteiger partial charge is 0.328 e. The minimum Gasteiger partial charge on any atom is -0.478 e. The lowest BCUT2D eigenvalue weighted by molar-refractivity contribution is -0.134. The van der Waals surface area contributed by atoms with Gasteiger partial charge in [-0.3, -0.25) is 0 Å². The van der Waals surface area contributed by atoms with Gasteiger partial charge in [0.25, 0.3) is 0 Å². The maximum Gasteiger partial charge on any atom is 0.328 e. The number of rotatable bonds is 5. The first-order chi connectivity index (χ1) is 12.5. The van der Waals surface area contributed by atoms with Crippen molar-refractivity contribution in [3.63, 3.8) is 0 Å². The van der Waals surface area contributed by atoms with Crippen LogP contribution in [0.1, 0.15) is 18.9 Å². The zero-order valence-corrected chi connectivity index (χ0v) is 15.8. The molecule has 0 saturated carbocycles. The van der Waals surface area contributed by atoms with E-state index in [2.05, 4.69) is 34.9 Å². The Bertz CT molecular complexity index is 639. The first-order valence-electron chi connectivity index (χ1n) is 8.85. The lowest BCUT2D eigenvalue weighted by Gasteiger charge is -2.30. The fourth-order valence-corrected chi connectivity index (χ4v) is 3.10. The minimum absolute atomic E-state index is 0. The fraction of sp³-hybridized carbons (Fsp3) is 0.474. The molecule has 2 heterocycles. The predicted octanol–water partition coefficient (Wildman–Crippen LogP) is 2.17. The summed E-state index contributed by atoms with van der Waals surface area (Å²) in [6.45, 7) is 8.38. The number of ether oxygens (including phenoxy) is 1. The van der Waals surface area contributed by atoms with E-state index in [9.17, 15) is 9.59 Å². The number of morpholine rings is 1. The first-order valence-corrected chi connectivity index (χ1v) is 8.85. The van der Waals surface area contributed by atoms with E-state index in [1.165, 1.54) is 42.9 Å². The Kier molecular flexibility index (Phi) is 9.32. The summed E-state index contributed by atoms with van der Waals surface area (Å²) in [5.41, 5.74) is 4.33. The van der Waals surface area contributed by atoms with Crippen LogP contribution in [-0.4, -0.2) is 61.5 Å². The van der Waals surface area contributed by atoms with Gasteiger partial charge in [0.05, 0.1) is 13.2 Å². The standard InChI is InChI=1S/C15H22N2O.C4H4O4.H3N/c1-2-6-17-7-5-13-3-4-14(12-15(13)17)16-8-10-18-11-9-16;5-3(6)1-2-4(7)8;/h3-4,12H,2,5-11H2,1H3;1-2H,(H,5,6)(H,7,8);1H3. The maximum absolute atomic E-state index is 9.55. The molecule has 1 fully saturated rings. The average molecular weight is 379 g/mol. The third kappa shape index (κ3) is 6.92. The number of carboxylic acid groups (broad SMARTS) is 2. The Morgan fingerprint density at radius 2 is 1.74 bits per heavy atom. The van der Waals surface area contributed by atoms with Crippen molar-refractivity contribution in [2.24, 2.45) is 0 Å². The Labute approximate surface area is 159 Å². The van der Waals surface area contributed by atoms with Crippen LogP contribution >= 0.6 is 0 Å². The molecule has 1 aromatic rings. The van der Waals surface area contributed by atoms with Gasteiger partial charge in [0.2, 0.25) is 0 Å². The topological polar surface area (TPSA) is 125 Å². The molecule has 150 valence electrons. The molecular weight excluding hydrogens is 350 g/mol. The van der Waals surface area contributed by atoms with Crippen molar-refractivity contribution in [1.82, 2.24) is 6.15 Å². The van der Waals surface area contributed by atoms with Crippen molar-refractivity contribution in [1.29, 1.82) is 0 Å². The van der Waals surface area contributed by atoms with Crippen molar-refractivity contribution in [3.05, 3.63) is 35.9 Å². The minimum atomic E-state index is -1.26. The Balaban J connectivity index is 0.000000350. The number of anilines is 2. The molecule has 0 spiro atoms. The highest BCUT2D eigenvalue weighted by molar-refractivity contribution is 5.89. The van der Waals surface area contributed by atoms with E-state index in [1.54, 1.807) is 0 Å². The number of nitrogens with zero attached hydrogens (tertiary/aromatic N) is 2. The second kappa shape index (κ2) is 11.2. The van der Waals surface area contributed by atoms with Crippen molar-refractivity contribution < 1.29 is 24.5 Å². The molecule has 8 heteroatoms. The van der Waals surface area contributed by atoms with Gasteiger partial charge in [0.1, 0.15) is 0 Å². The van der Waals surface area contributed by atoms with Gasteiger partial charge in [-0.1, -0.05) is 13.0 Å². The van der Waals surface area contributed by atoms with Gasteiger partial charge < -0.3 is 30.9 Å². The van der Waals surface area contributed by atoms with E-state index in [4.69, 9.17) is 14.9 Å². The molecule has 1 aromatic carbocycles. The maximum atomic E-state index is 9.55. The summed E-state index contributed by atoms with van der Waals surface area (Å²) in [6.07, 6.45) is 3.55. The third-order valence-electron chi connectivity index (χ3n) is 4.30. The molecule has 3 rings (SSSR count). The summed E-state index contributed by atoms with van der Waals surface area (Å²) < 4.78 is 5.42. The predicted molar refractivity (Wildman–Crippen MR) is 105 cm³/mol. The molecule has 0 bridgehead atoms. The highest BCUT2D eigenvalue weighted by Gasteiger charge is 2.20. The molecule has 0 aromatic heterocycles. The number of hydrogen-bond donors (Lipinski definition) is 3. The van der Waals surface area contributed by atoms with Crippen molar-refractivity contribution in [2.75, 3.05) is 49.2 Å². The fourth-order valence-electron chi connectivity index (χ4n) is 3.10. The van der Waals surface area contributed by atoms with Gasteiger partial charge in [0, 0.05) is 49.7 Å². The molecule has 1 saturated heterocycles. The van der Waals surface area contributed by atoms with Crippen LogP contribution in [0, 0.1) is 0 Å². The van der Waals surface area contributed by atoms with E-state index in [-0.39, 0.29) is 6.15 Å². The monoisotopic (exact) mass is 379 g/mol. The number of hydrogen-bond acceptors (Lipinski definition) is 6. The molecule has 2 aliphatic heterocycles. The van der Waals surface area contributed by atoms with E-state index in [0.29, 0.717) is 12.2 Å². The summed E-state index contributed by atoms with van der Waals surface area (Å²) >= 11 is 0. The number of carbonyl (C=O) groups is 2. The third-order valence-corrected chi connectivity index (χ3v) is 4.30. The van der Waals surface area contributed by atoms with Crippen molar-refractivity contribution in [3.8, 4) is 0 Å². The molecule has 27 heavy (non-hydrogen) atoms. The quantitative estimate of drug-likeness (QED) is 0.665. The van der Waals surface area contributed by atoms with Crippen LogP contribution in [0.3, 0.4) is 0 Å². The van der Waals surface area contributed by atoms with Gasteiger partial charge >= 0.3 is 11.9 Å². The van der Waals surface area contributed by atoms with Crippen LogP contribution < -0.4 is 16.0 Å². The van der Waals surface area contributed by atoms with E-state index in [1.807, 2.05) is 0 Å². The van der Waals surface area contributed by atoms with E-state index >= 15 is 0 Å². The Morgan fingerprint density at radius 1 is 1.11 bits per heavy atom. The van der Waals surface area contributed by atoms with Crippen LogP contribution in [-0.2, 0) is 20.7 Å². The van der Waals surface area contributed by atoms with Crippen LogP contribution in [0.25, 0.3) is 0 Å². The van der Waals surface area contributed by atoms with Crippen LogP contribution in [0.4, 0.5) is 11.4 Å². The van der Waals surface area contributed by atoms with Gasteiger partial charge in [-0.05, 0) is 30.5 Å². The van der Waals surface area contributed by atoms with Crippen molar-refractivity contribution in [2.45, 2.75) is 19.8 Å². The lowest BCUT2D eigenvalue weighted by atomic mass is 10.1. The largest absolute Gasteiger partial charge is 0.478 e. The normalized spacial score (nSPS) is 15.6. The summed E-state index contributed by atoms with van der Waals surface area (Å²) in [7, 11) is 0. The van der Waals surface area contributed by atoms with Gasteiger partial charge in [-0.25, -0.2) is 9.59 Å². The number of fused-ring (bicyclic) bond motifs is 1. The second-order valence-electron chi connectivity index (χ2n) is 6.16. The number of aliphatic carboxylic acids is 2. The second-order valence-corrected chi connectivity index (χ2v) is 6.16. The highest BCUT2D eigenvalue weighted by Crippen LogP contribution is 2.32. The van der Waals surface area contributed by atoms with Gasteiger partial charge in [0.15, 0.2) is 0 Å². The summed E-state index contributed by atoms with van der Waals surface area (Å²) in [5.74, 6) is -2.51. The number of carboxylic acids is 2. The van der Waals surface area contributed by atoms with Crippen LogP contribution in [0.2, 0.25) is 0 Å². The SMILES string of the molecule is CCCN1CCc2ccc(N3CCOCC3)cc21.N.O=C(O)C=CC(=O)O. The summed E-state index contributed by atoms with van der Waals surface area (Å²) in [4.78, 5) is 24.1. The van der Waals surface area contributed by atoms with E-state index < -0.39 is 11.9 Å². The molecule has 0 unspecified atom stereocenters. The summed E-state index contributed by atoms with van der Waals surface area (Å²) in [5, 5.41) is 15.6. The average Bonchev–Trinajstić information content (AvgIpc) is 3.04. The molecular formula is C19H29N3O5. The molecule has 0 atom stereocenters. The molecule has 0 radical (unpaired) electrons. The molecule has 8 nitrogen and oxygen atoms in total. The molecule has 5 N–H and O–H groups in total. The molecule has 2 aliphatic rings. The van der Waals surface area contributed by atoms with Crippen LogP contribution in [0.5, 0.6) is 0 Å². The van der Waals surface area contributed by atoms with Crippen molar-refractivity contribution >= 4 is 23.3 Å².